The maximum absolute atomic E-state index is 13.3. The number of nitriles is 1. The Morgan fingerprint density at radius 3 is 2.27 bits per heavy atom. The highest BCUT2D eigenvalue weighted by molar-refractivity contribution is 5.75. The summed E-state index contributed by atoms with van der Waals surface area (Å²) in [5, 5.41) is 20.1. The van der Waals surface area contributed by atoms with E-state index in [2.05, 4.69) is 21.8 Å². The van der Waals surface area contributed by atoms with E-state index in [1.54, 1.807) is 26.4 Å². The second kappa shape index (κ2) is 11.7. The van der Waals surface area contributed by atoms with E-state index < -0.39 is 0 Å². The summed E-state index contributed by atoms with van der Waals surface area (Å²) in [5.41, 5.74) is 4.98. The molecule has 0 saturated heterocycles. The van der Waals surface area contributed by atoms with Crippen molar-refractivity contribution in [2.75, 3.05) is 24.7 Å². The smallest absolute Gasteiger partial charge is 0.292 e. The van der Waals surface area contributed by atoms with Gasteiger partial charge in [-0.3, -0.25) is 9.59 Å². The van der Waals surface area contributed by atoms with Crippen LogP contribution in [0.4, 0.5) is 11.4 Å². The minimum Gasteiger partial charge on any atom is -0.378 e. The molecule has 2 N–H and O–H groups in total. The van der Waals surface area contributed by atoms with Crippen LogP contribution in [0.15, 0.2) is 89.9 Å². The summed E-state index contributed by atoms with van der Waals surface area (Å²) < 4.78 is 1.17. The maximum Gasteiger partial charge on any atom is 0.292 e. The average molecular weight is 493 g/mol. The largest absolute Gasteiger partial charge is 0.378 e. The quantitative estimate of drug-likeness (QED) is 0.365. The molecule has 8 heteroatoms. The normalized spacial score (nSPS) is 10.4. The van der Waals surface area contributed by atoms with Crippen molar-refractivity contribution in [2.45, 2.75) is 19.6 Å². The van der Waals surface area contributed by atoms with E-state index in [1.807, 2.05) is 72.8 Å². The van der Waals surface area contributed by atoms with Crippen molar-refractivity contribution in [3.63, 3.8) is 0 Å². The van der Waals surface area contributed by atoms with Crippen LogP contribution in [0.5, 0.6) is 0 Å². The van der Waals surface area contributed by atoms with Crippen molar-refractivity contribution in [2.24, 2.45) is 0 Å². The summed E-state index contributed by atoms with van der Waals surface area (Å²) in [7, 11) is 3.28. The molecule has 186 valence electrons. The number of nitrogens with one attached hydrogen (secondary N) is 2. The zero-order valence-electron chi connectivity index (χ0n) is 20.8. The Hall–Kier alpha value is -4.90. The first kappa shape index (κ1) is 25.2. The van der Waals surface area contributed by atoms with Crippen molar-refractivity contribution >= 4 is 17.3 Å². The fraction of sp³-hybridized carbons (Fsp3) is 0.172. The first-order valence-electron chi connectivity index (χ1n) is 11.9. The number of carbonyl (C=O) groups excluding carboxylic acids is 1. The summed E-state index contributed by atoms with van der Waals surface area (Å²) in [4.78, 5) is 26.9. The van der Waals surface area contributed by atoms with Gasteiger partial charge < -0.3 is 15.5 Å². The van der Waals surface area contributed by atoms with E-state index >= 15 is 0 Å². The zero-order chi connectivity index (χ0) is 26.2. The molecular weight excluding hydrogens is 464 g/mol. The van der Waals surface area contributed by atoms with Gasteiger partial charge in [0.1, 0.15) is 12.2 Å². The van der Waals surface area contributed by atoms with Gasteiger partial charge in [0.05, 0.1) is 23.5 Å². The SMILES string of the molecule is CN(C)C(=O)Cn1ncc(NCc2ccccc2)c(NCc2ccc(-c3ccccc3C#N)cc2)c1=O. The van der Waals surface area contributed by atoms with Crippen LogP contribution in [-0.4, -0.2) is 34.7 Å². The third-order valence-corrected chi connectivity index (χ3v) is 5.94. The number of nitrogens with zero attached hydrogens (tertiary/aromatic N) is 4. The number of amides is 1. The molecular formula is C29H28N6O2. The van der Waals surface area contributed by atoms with Crippen LogP contribution in [0.1, 0.15) is 16.7 Å². The van der Waals surface area contributed by atoms with Crippen molar-refractivity contribution in [1.29, 1.82) is 5.26 Å². The van der Waals surface area contributed by atoms with Gasteiger partial charge in [-0.15, -0.1) is 0 Å². The van der Waals surface area contributed by atoms with E-state index in [0.717, 1.165) is 22.3 Å². The van der Waals surface area contributed by atoms with Gasteiger partial charge in [0.25, 0.3) is 5.56 Å². The molecule has 8 nitrogen and oxygen atoms in total. The van der Waals surface area contributed by atoms with Crippen LogP contribution in [0, 0.1) is 11.3 Å². The van der Waals surface area contributed by atoms with Gasteiger partial charge in [0.15, 0.2) is 0 Å². The topological polar surface area (TPSA) is 103 Å². The maximum atomic E-state index is 13.3. The predicted molar refractivity (Wildman–Crippen MR) is 145 cm³/mol. The third-order valence-electron chi connectivity index (χ3n) is 5.94. The van der Waals surface area contributed by atoms with E-state index in [4.69, 9.17) is 0 Å². The molecule has 0 atom stereocenters. The molecule has 0 spiro atoms. The van der Waals surface area contributed by atoms with Gasteiger partial charge in [-0.05, 0) is 28.3 Å². The lowest BCUT2D eigenvalue weighted by molar-refractivity contribution is -0.129. The van der Waals surface area contributed by atoms with Crippen LogP contribution < -0.4 is 16.2 Å². The van der Waals surface area contributed by atoms with Gasteiger partial charge in [-0.1, -0.05) is 72.8 Å². The highest BCUT2D eigenvalue weighted by Crippen LogP contribution is 2.24. The first-order chi connectivity index (χ1) is 18.0. The lowest BCUT2D eigenvalue weighted by atomic mass is 9.99. The minimum absolute atomic E-state index is 0.146. The minimum atomic E-state index is -0.382. The zero-order valence-corrected chi connectivity index (χ0v) is 20.8. The number of hydrogen-bond acceptors (Lipinski definition) is 6. The molecule has 0 aliphatic heterocycles. The Morgan fingerprint density at radius 2 is 1.57 bits per heavy atom. The van der Waals surface area contributed by atoms with E-state index in [9.17, 15) is 14.9 Å². The molecule has 1 aromatic heterocycles. The molecule has 0 saturated carbocycles. The number of rotatable bonds is 9. The lowest BCUT2D eigenvalue weighted by Gasteiger charge is -2.16. The molecule has 4 aromatic rings. The summed E-state index contributed by atoms with van der Waals surface area (Å²) in [5.74, 6) is -0.223. The molecule has 37 heavy (non-hydrogen) atoms. The Balaban J connectivity index is 1.56. The average Bonchev–Trinajstić information content (AvgIpc) is 2.93. The number of benzene rings is 3. The number of anilines is 2. The molecule has 0 fully saturated rings. The van der Waals surface area contributed by atoms with Gasteiger partial charge in [-0.2, -0.15) is 10.4 Å². The van der Waals surface area contributed by atoms with Gasteiger partial charge in [-0.25, -0.2) is 4.68 Å². The monoisotopic (exact) mass is 492 g/mol. The van der Waals surface area contributed by atoms with Crippen molar-refractivity contribution in [1.82, 2.24) is 14.7 Å². The fourth-order valence-electron chi connectivity index (χ4n) is 3.79. The second-order valence-corrected chi connectivity index (χ2v) is 8.73. The molecule has 1 heterocycles. The third kappa shape index (κ3) is 6.21. The van der Waals surface area contributed by atoms with E-state index in [0.29, 0.717) is 30.0 Å². The highest BCUT2D eigenvalue weighted by Gasteiger charge is 2.15. The number of carbonyl (C=O) groups is 1. The lowest BCUT2D eigenvalue weighted by Crippen LogP contribution is -2.34. The number of aromatic nitrogens is 2. The van der Waals surface area contributed by atoms with Crippen LogP contribution >= 0.6 is 0 Å². The van der Waals surface area contributed by atoms with Gasteiger partial charge >= 0.3 is 0 Å². The van der Waals surface area contributed by atoms with E-state index in [-0.39, 0.29) is 18.0 Å². The fourth-order valence-corrected chi connectivity index (χ4v) is 3.79. The van der Waals surface area contributed by atoms with Crippen molar-refractivity contribution in [3.8, 4) is 17.2 Å². The summed E-state index contributed by atoms with van der Waals surface area (Å²) in [6.07, 6.45) is 1.57. The molecule has 0 radical (unpaired) electrons. The van der Waals surface area contributed by atoms with Crippen LogP contribution in [0.25, 0.3) is 11.1 Å². The van der Waals surface area contributed by atoms with E-state index in [1.165, 1.54) is 9.58 Å². The summed E-state index contributed by atoms with van der Waals surface area (Å²) in [6, 6.07) is 27.4. The molecule has 3 aromatic carbocycles. The molecule has 4 rings (SSSR count). The molecule has 1 amide bonds. The van der Waals surface area contributed by atoms with Crippen LogP contribution in [-0.2, 0) is 24.4 Å². The Kier molecular flexibility index (Phi) is 7.96. The Labute approximate surface area is 215 Å². The second-order valence-electron chi connectivity index (χ2n) is 8.73. The molecule has 0 unspecified atom stereocenters. The van der Waals surface area contributed by atoms with Crippen LogP contribution in [0.3, 0.4) is 0 Å². The highest BCUT2D eigenvalue weighted by atomic mass is 16.2. The van der Waals surface area contributed by atoms with Crippen molar-refractivity contribution < 1.29 is 4.79 Å². The van der Waals surface area contributed by atoms with Crippen LogP contribution in [0.2, 0.25) is 0 Å². The number of likely N-dealkylation sites (N-methyl/N-ethyl adjacent to an activating group) is 1. The Morgan fingerprint density at radius 1 is 0.919 bits per heavy atom. The van der Waals surface area contributed by atoms with Gasteiger partial charge in [0.2, 0.25) is 5.91 Å². The number of hydrogen-bond donors (Lipinski definition) is 2. The predicted octanol–water partition coefficient (Wildman–Crippen LogP) is 4.09. The molecule has 0 aliphatic rings. The first-order valence-corrected chi connectivity index (χ1v) is 11.9. The molecule has 0 bridgehead atoms. The Bertz CT molecular complexity index is 1470. The summed E-state index contributed by atoms with van der Waals surface area (Å²) in [6.45, 7) is 0.762. The standard InChI is InChI=1S/C29H28N6O2/c1-34(2)27(36)20-35-29(37)28(26(19-33-35)31-17-21-8-4-3-5-9-21)32-18-22-12-14-23(15-13-22)25-11-7-6-10-24(25)16-30/h3-15,19,31-32H,17-18,20H2,1-2H3. The van der Waals surface area contributed by atoms with Gasteiger partial charge in [0, 0.05) is 27.2 Å². The molecule has 0 aliphatic carbocycles. The van der Waals surface area contributed by atoms with Crippen molar-refractivity contribution in [3.05, 3.63) is 112 Å². The summed E-state index contributed by atoms with van der Waals surface area (Å²) >= 11 is 0.